The van der Waals surface area contributed by atoms with Gasteiger partial charge in [0.25, 0.3) is 0 Å². The summed E-state index contributed by atoms with van der Waals surface area (Å²) >= 11 is -5.97. The zero-order valence-corrected chi connectivity index (χ0v) is 35.3. The van der Waals surface area contributed by atoms with Crippen molar-refractivity contribution in [2.75, 3.05) is 0 Å². The summed E-state index contributed by atoms with van der Waals surface area (Å²) in [4.78, 5) is 0. The maximum atomic E-state index is 2.80. The van der Waals surface area contributed by atoms with E-state index in [1.807, 2.05) is 0 Å². The fraction of sp³-hybridized carbons (Fsp3) is 0.234. The predicted molar refractivity (Wildman–Crippen MR) is 209 cm³/mol. The van der Waals surface area contributed by atoms with E-state index in [2.05, 4.69) is 180 Å². The van der Waals surface area contributed by atoms with E-state index in [-0.39, 0.29) is 0 Å². The number of fused-ring (bicyclic) bond motifs is 4. The van der Waals surface area contributed by atoms with Crippen LogP contribution >= 0.6 is 0 Å². The third-order valence-electron chi connectivity index (χ3n) is 13.4. The molecule has 0 heterocycles. The average molecular weight is 795 g/mol. The van der Waals surface area contributed by atoms with E-state index >= 15 is 0 Å². The van der Waals surface area contributed by atoms with Gasteiger partial charge in [-0.25, -0.2) is 0 Å². The number of hydrogen-bond acceptors (Lipinski definition) is 0. The topological polar surface area (TPSA) is 0 Å². The Labute approximate surface area is 302 Å². The molecule has 2 heteroatoms. The van der Waals surface area contributed by atoms with Crippen molar-refractivity contribution < 1.29 is 40.5 Å². The third kappa shape index (κ3) is 5.02. The van der Waals surface area contributed by atoms with Crippen LogP contribution in [0.3, 0.4) is 0 Å². The summed E-state index contributed by atoms with van der Waals surface area (Å²) in [5, 5.41) is 5.32. The van der Waals surface area contributed by atoms with E-state index in [0.717, 1.165) is 0 Å². The van der Waals surface area contributed by atoms with Gasteiger partial charge in [0.1, 0.15) is 0 Å². The first-order valence-electron chi connectivity index (χ1n) is 18.0. The molecule has 0 aromatic heterocycles. The van der Waals surface area contributed by atoms with Crippen LogP contribution in [0.25, 0.3) is 56.0 Å². The van der Waals surface area contributed by atoms with Gasteiger partial charge in [0, 0.05) is 0 Å². The Balaban J connectivity index is 1.21. The van der Waals surface area contributed by atoms with E-state index in [1.165, 1.54) is 54.9 Å². The van der Waals surface area contributed by atoms with Crippen molar-refractivity contribution in [3.8, 4) is 22.3 Å². The monoisotopic (exact) mass is 792 g/mol. The Morgan fingerprint density at radius 1 is 0.429 bits per heavy atom. The summed E-state index contributed by atoms with van der Waals surface area (Å²) in [7, 11) is 0. The van der Waals surface area contributed by atoms with Crippen molar-refractivity contribution in [2.45, 2.75) is 54.3 Å². The Morgan fingerprint density at radius 2 is 0.776 bits per heavy atom. The van der Waals surface area contributed by atoms with Crippen LogP contribution in [0.5, 0.6) is 0 Å². The molecule has 0 N–H and O–H groups in total. The average Bonchev–Trinajstić information content (AvgIpc) is 3.63. The molecule has 2 atom stereocenters. The number of benzene rings is 6. The standard InChI is InChI=1S/2C20H15.C3H6.4CH3.2Zr/c2*1-14-12-16-8-5-11-19(20(16)13-14)18-10-4-7-15-6-2-3-9-17(15)18;1-3-2;;;;;;/h2*2-13H,1H3;1-2H3;4*1H3;;. The predicted octanol–water partition coefficient (Wildman–Crippen LogP) is 14.6. The molecule has 2 unspecified atom stereocenters. The molecule has 0 radical (unpaired) electrons. The van der Waals surface area contributed by atoms with Gasteiger partial charge in [0.15, 0.2) is 0 Å². The summed E-state index contributed by atoms with van der Waals surface area (Å²) < 4.78 is 12.7. The molecule has 49 heavy (non-hydrogen) atoms. The van der Waals surface area contributed by atoms with Crippen LogP contribution in [-0.2, 0) is 40.5 Å². The molecule has 0 amide bonds. The van der Waals surface area contributed by atoms with Crippen LogP contribution < -0.4 is 0 Å². The van der Waals surface area contributed by atoms with Gasteiger partial charge in [-0.1, -0.05) is 0 Å². The van der Waals surface area contributed by atoms with Gasteiger partial charge in [0.05, 0.1) is 0 Å². The van der Waals surface area contributed by atoms with Crippen molar-refractivity contribution in [1.29, 1.82) is 0 Å². The molecule has 0 aliphatic heterocycles. The molecule has 0 saturated heterocycles. The molecular weight excluding hydrogens is 747 g/mol. The molecule has 2 aliphatic carbocycles. The van der Waals surface area contributed by atoms with Crippen LogP contribution in [0.1, 0.15) is 57.2 Å². The number of allylic oxidation sites excluding steroid dienone is 2. The Hall–Kier alpha value is -2.91. The summed E-state index contributed by atoms with van der Waals surface area (Å²) in [5.74, 6) is 0. The molecule has 8 rings (SSSR count). The zero-order valence-electron chi connectivity index (χ0n) is 30.4. The van der Waals surface area contributed by atoms with Gasteiger partial charge >= 0.3 is 306 Å². The molecule has 0 bridgehead atoms. The quantitative estimate of drug-likeness (QED) is 0.158. The molecule has 0 saturated carbocycles. The van der Waals surface area contributed by atoms with E-state index < -0.39 is 40.5 Å². The van der Waals surface area contributed by atoms with Crippen molar-refractivity contribution in [1.82, 2.24) is 0 Å². The molecule has 0 spiro atoms. The van der Waals surface area contributed by atoms with Crippen LogP contribution in [-0.4, -0.2) is 0 Å². The van der Waals surface area contributed by atoms with Crippen LogP contribution in [0, 0.1) is 0 Å². The molecule has 6 aromatic carbocycles. The van der Waals surface area contributed by atoms with Crippen LogP contribution in [0.15, 0.2) is 132 Å². The first-order valence-corrected chi connectivity index (χ1v) is 33.1. The van der Waals surface area contributed by atoms with Crippen molar-refractivity contribution >= 4 is 33.7 Å². The van der Waals surface area contributed by atoms with Crippen molar-refractivity contribution in [3.05, 3.63) is 155 Å². The van der Waals surface area contributed by atoms with Crippen molar-refractivity contribution in [2.24, 2.45) is 0 Å². The van der Waals surface area contributed by atoms with Gasteiger partial charge in [-0.3, -0.25) is 0 Å². The van der Waals surface area contributed by atoms with E-state index in [9.17, 15) is 0 Å². The first kappa shape index (κ1) is 33.2. The van der Waals surface area contributed by atoms with E-state index in [1.54, 1.807) is 22.3 Å². The van der Waals surface area contributed by atoms with Gasteiger partial charge in [0.2, 0.25) is 0 Å². The summed E-state index contributed by atoms with van der Waals surface area (Å²) in [6.07, 6.45) is 5.14. The van der Waals surface area contributed by atoms with Gasteiger partial charge in [-0.2, -0.15) is 0 Å². The van der Waals surface area contributed by atoms with Gasteiger partial charge in [-0.05, 0) is 0 Å². The summed E-state index contributed by atoms with van der Waals surface area (Å²) in [6.45, 7) is 10.4. The second kappa shape index (κ2) is 12.1. The van der Waals surface area contributed by atoms with Gasteiger partial charge < -0.3 is 0 Å². The first-order chi connectivity index (χ1) is 23.4. The molecule has 244 valence electrons. The second-order valence-corrected chi connectivity index (χ2v) is 45.3. The van der Waals surface area contributed by atoms with E-state index in [0.29, 0.717) is 8.08 Å². The van der Waals surface area contributed by atoms with E-state index in [4.69, 9.17) is 0 Å². The maximum absolute atomic E-state index is 2.99. The zero-order chi connectivity index (χ0) is 34.3. The number of hydrogen-bond donors (Lipinski definition) is 0. The normalized spacial score (nSPS) is 17.6. The third-order valence-corrected chi connectivity index (χ3v) is 58.8. The Morgan fingerprint density at radius 3 is 1.20 bits per heavy atom. The van der Waals surface area contributed by atoms with Crippen LogP contribution in [0.4, 0.5) is 0 Å². The fourth-order valence-corrected chi connectivity index (χ4v) is 57.0. The molecule has 2 aliphatic rings. The Kier molecular flexibility index (Phi) is 8.21. The molecule has 6 aromatic rings. The van der Waals surface area contributed by atoms with Crippen molar-refractivity contribution in [3.63, 3.8) is 0 Å². The molecular formula is C47H48Zr2. The van der Waals surface area contributed by atoms with Gasteiger partial charge in [-0.15, -0.1) is 0 Å². The minimum absolute atomic E-state index is 0.372. The fourth-order valence-electron chi connectivity index (χ4n) is 9.96. The molecule has 0 nitrogen and oxygen atoms in total. The Bertz CT molecular complexity index is 2170. The minimum atomic E-state index is -2.99. The number of rotatable bonds is 6. The summed E-state index contributed by atoms with van der Waals surface area (Å²) in [5.41, 5.74) is 14.8. The van der Waals surface area contributed by atoms with Crippen LogP contribution in [0.2, 0.25) is 19.4 Å². The second-order valence-electron chi connectivity index (χ2n) is 16.4. The SMILES string of the molecule is CC1=Cc2c(-c3cccc4ccccc34)cccc2[CH]1[Zr]([CH3])([CH3])[C](C)(C)[Zr]([CH3])([CH3])[CH]1C(C)=Cc2c(-c3cccc4ccccc34)cccc21. The summed E-state index contributed by atoms with van der Waals surface area (Å²) in [6, 6.07) is 45.7. The molecule has 0 fully saturated rings.